The number of aromatic nitrogens is 1. The van der Waals surface area contributed by atoms with Gasteiger partial charge in [-0.15, -0.1) is 11.3 Å². The van der Waals surface area contributed by atoms with Gasteiger partial charge in [-0.05, 0) is 18.7 Å². The van der Waals surface area contributed by atoms with Crippen molar-refractivity contribution in [1.82, 2.24) is 9.88 Å². The van der Waals surface area contributed by atoms with Crippen LogP contribution < -0.4 is 0 Å². The summed E-state index contributed by atoms with van der Waals surface area (Å²) in [5.74, 6) is -0.182. The second-order valence-electron chi connectivity index (χ2n) is 5.40. The van der Waals surface area contributed by atoms with Crippen LogP contribution in [0.15, 0.2) is 24.5 Å². The molecule has 1 aliphatic rings. The average molecular weight is 330 g/mol. The zero-order valence-electron chi connectivity index (χ0n) is 13.2. The molecule has 0 N–H and O–H groups in total. The molecule has 0 spiro atoms. The summed E-state index contributed by atoms with van der Waals surface area (Å²) in [5.41, 5.74) is 1.37. The number of fused-ring (bicyclic) bond motifs is 2. The molecule has 6 heteroatoms. The van der Waals surface area contributed by atoms with Crippen molar-refractivity contribution in [1.29, 1.82) is 0 Å². The lowest BCUT2D eigenvalue weighted by atomic mass is 9.90. The van der Waals surface area contributed by atoms with Crippen molar-refractivity contribution in [3.05, 3.63) is 51.0 Å². The lowest BCUT2D eigenvalue weighted by Gasteiger charge is -2.18. The van der Waals surface area contributed by atoms with Gasteiger partial charge in [-0.25, -0.2) is 0 Å². The molecule has 0 fully saturated rings. The van der Waals surface area contributed by atoms with E-state index >= 15 is 0 Å². The molecule has 2 heterocycles. The first-order chi connectivity index (χ1) is 11.2. The van der Waals surface area contributed by atoms with Gasteiger partial charge in [0, 0.05) is 48.6 Å². The SMILES string of the molecule is CCN(CCOC)Cc1cc2c(s1)C(=O)c1ccncc1C2=O. The summed E-state index contributed by atoms with van der Waals surface area (Å²) >= 11 is 1.41. The molecule has 120 valence electrons. The fourth-order valence-corrected chi connectivity index (χ4v) is 3.84. The van der Waals surface area contributed by atoms with E-state index in [0.717, 1.165) is 18.0 Å². The molecule has 0 saturated carbocycles. The van der Waals surface area contributed by atoms with E-state index in [1.165, 1.54) is 17.5 Å². The number of thiophene rings is 1. The van der Waals surface area contributed by atoms with Crippen LogP contribution in [0.4, 0.5) is 0 Å². The fourth-order valence-electron chi connectivity index (χ4n) is 2.69. The van der Waals surface area contributed by atoms with Crippen LogP contribution in [-0.2, 0) is 11.3 Å². The number of methoxy groups -OCH3 is 1. The largest absolute Gasteiger partial charge is 0.383 e. The van der Waals surface area contributed by atoms with E-state index in [9.17, 15) is 9.59 Å². The zero-order chi connectivity index (χ0) is 16.4. The van der Waals surface area contributed by atoms with Crippen LogP contribution in [0.2, 0.25) is 0 Å². The van der Waals surface area contributed by atoms with Gasteiger partial charge < -0.3 is 4.74 Å². The Labute approximate surface area is 138 Å². The highest BCUT2D eigenvalue weighted by molar-refractivity contribution is 7.14. The highest BCUT2D eigenvalue weighted by Gasteiger charge is 2.32. The minimum atomic E-state index is -0.106. The topological polar surface area (TPSA) is 59.5 Å². The van der Waals surface area contributed by atoms with Crippen molar-refractivity contribution in [3.63, 3.8) is 0 Å². The Balaban J connectivity index is 1.89. The Morgan fingerprint density at radius 2 is 2.04 bits per heavy atom. The van der Waals surface area contributed by atoms with Gasteiger partial charge in [0.25, 0.3) is 0 Å². The number of ether oxygens (including phenoxy) is 1. The van der Waals surface area contributed by atoms with Gasteiger partial charge in [-0.2, -0.15) is 0 Å². The van der Waals surface area contributed by atoms with Crippen molar-refractivity contribution in [3.8, 4) is 0 Å². The van der Waals surface area contributed by atoms with Crippen LogP contribution in [0.1, 0.15) is 43.0 Å². The summed E-state index contributed by atoms with van der Waals surface area (Å²) < 4.78 is 5.12. The molecule has 2 aromatic rings. The predicted molar refractivity (Wildman–Crippen MR) is 88.2 cm³/mol. The average Bonchev–Trinajstić information content (AvgIpc) is 3.00. The van der Waals surface area contributed by atoms with Gasteiger partial charge in [0.15, 0.2) is 5.78 Å². The number of likely N-dealkylation sites (N-methyl/N-ethyl adjacent to an activating group) is 1. The maximum Gasteiger partial charge on any atom is 0.204 e. The number of carbonyl (C=O) groups is 2. The molecule has 5 nitrogen and oxygen atoms in total. The van der Waals surface area contributed by atoms with Crippen molar-refractivity contribution in [2.75, 3.05) is 26.8 Å². The minimum Gasteiger partial charge on any atom is -0.383 e. The van der Waals surface area contributed by atoms with Gasteiger partial charge >= 0.3 is 0 Å². The van der Waals surface area contributed by atoms with Gasteiger partial charge in [-0.1, -0.05) is 6.92 Å². The molecule has 0 radical (unpaired) electrons. The Kier molecular flexibility index (Phi) is 4.66. The second kappa shape index (κ2) is 6.70. The number of carbonyl (C=O) groups excluding carboxylic acids is 2. The van der Waals surface area contributed by atoms with Gasteiger partial charge in [0.1, 0.15) is 0 Å². The number of hydrogen-bond acceptors (Lipinski definition) is 6. The summed E-state index contributed by atoms with van der Waals surface area (Å²) in [6, 6.07) is 3.47. The van der Waals surface area contributed by atoms with Crippen LogP contribution in [-0.4, -0.2) is 48.3 Å². The first-order valence-electron chi connectivity index (χ1n) is 7.53. The Morgan fingerprint density at radius 3 is 2.78 bits per heavy atom. The lowest BCUT2D eigenvalue weighted by Crippen LogP contribution is -2.26. The Bertz CT molecular complexity index is 702. The van der Waals surface area contributed by atoms with E-state index in [1.807, 2.05) is 6.07 Å². The molecule has 0 bridgehead atoms. The molecule has 0 unspecified atom stereocenters. The third kappa shape index (κ3) is 2.97. The summed E-state index contributed by atoms with van der Waals surface area (Å²) in [7, 11) is 1.68. The molecule has 3 rings (SSSR count). The van der Waals surface area contributed by atoms with E-state index in [-0.39, 0.29) is 11.6 Å². The van der Waals surface area contributed by atoms with Crippen LogP contribution >= 0.6 is 11.3 Å². The quantitative estimate of drug-likeness (QED) is 0.694. The third-order valence-electron chi connectivity index (χ3n) is 3.98. The van der Waals surface area contributed by atoms with Crippen molar-refractivity contribution >= 4 is 22.9 Å². The Morgan fingerprint density at radius 1 is 1.22 bits per heavy atom. The number of pyridine rings is 1. The second-order valence-corrected chi connectivity index (χ2v) is 6.53. The highest BCUT2D eigenvalue weighted by atomic mass is 32.1. The normalized spacial score (nSPS) is 13.3. The van der Waals surface area contributed by atoms with Crippen molar-refractivity contribution in [2.24, 2.45) is 0 Å². The molecule has 1 aliphatic carbocycles. The molecule has 0 atom stereocenters. The van der Waals surface area contributed by atoms with E-state index in [0.29, 0.717) is 34.7 Å². The third-order valence-corrected chi connectivity index (χ3v) is 5.10. The smallest absolute Gasteiger partial charge is 0.204 e. The summed E-state index contributed by atoms with van der Waals surface area (Å²) in [4.78, 5) is 32.9. The number of rotatable bonds is 6. The maximum absolute atomic E-state index is 12.6. The van der Waals surface area contributed by atoms with Crippen LogP contribution in [0.5, 0.6) is 0 Å². The molecule has 23 heavy (non-hydrogen) atoms. The van der Waals surface area contributed by atoms with Gasteiger partial charge in [-0.3, -0.25) is 19.5 Å². The maximum atomic E-state index is 12.6. The fraction of sp³-hybridized carbons (Fsp3) is 0.353. The molecule has 0 amide bonds. The van der Waals surface area contributed by atoms with E-state index < -0.39 is 0 Å². The van der Waals surface area contributed by atoms with Gasteiger partial charge in [0.2, 0.25) is 5.78 Å². The molecule has 0 aliphatic heterocycles. The molecule has 0 saturated heterocycles. The first kappa shape index (κ1) is 16.0. The number of nitrogens with zero attached hydrogens (tertiary/aromatic N) is 2. The summed E-state index contributed by atoms with van der Waals surface area (Å²) in [5, 5.41) is 0. The van der Waals surface area contributed by atoms with E-state index in [1.54, 1.807) is 19.4 Å². The van der Waals surface area contributed by atoms with Gasteiger partial charge in [0.05, 0.1) is 17.0 Å². The highest BCUT2D eigenvalue weighted by Crippen LogP contribution is 2.33. The zero-order valence-corrected chi connectivity index (χ0v) is 14.0. The van der Waals surface area contributed by atoms with Crippen molar-refractivity contribution < 1.29 is 14.3 Å². The molecular weight excluding hydrogens is 312 g/mol. The van der Waals surface area contributed by atoms with Crippen molar-refractivity contribution in [2.45, 2.75) is 13.5 Å². The number of hydrogen-bond donors (Lipinski definition) is 0. The van der Waals surface area contributed by atoms with Crippen LogP contribution in [0, 0.1) is 0 Å². The number of ketones is 2. The molecule has 0 aromatic carbocycles. The lowest BCUT2D eigenvalue weighted by molar-refractivity contribution is 0.0982. The first-order valence-corrected chi connectivity index (χ1v) is 8.34. The molecule has 2 aromatic heterocycles. The minimum absolute atomic E-state index is 0.0758. The monoisotopic (exact) mass is 330 g/mol. The van der Waals surface area contributed by atoms with Crippen LogP contribution in [0.3, 0.4) is 0 Å². The van der Waals surface area contributed by atoms with Crippen LogP contribution in [0.25, 0.3) is 0 Å². The molecular formula is C17H18N2O3S. The summed E-state index contributed by atoms with van der Waals surface area (Å²) in [6.07, 6.45) is 3.03. The standard InChI is InChI=1S/C17H18N2O3S/c1-3-19(6-7-22-2)10-11-8-13-15(20)14-9-18-5-4-12(14)16(21)17(13)23-11/h4-5,8-9H,3,6-7,10H2,1-2H3. The predicted octanol–water partition coefficient (Wildman–Crippen LogP) is 2.39. The Hall–Kier alpha value is -1.89. The van der Waals surface area contributed by atoms with E-state index in [2.05, 4.69) is 16.8 Å². The van der Waals surface area contributed by atoms with E-state index in [4.69, 9.17) is 4.74 Å². The summed E-state index contributed by atoms with van der Waals surface area (Å²) in [6.45, 7) is 5.17.